The largest absolute Gasteiger partial charge is 0.340 e. The Morgan fingerprint density at radius 3 is 2.27 bits per heavy atom. The summed E-state index contributed by atoms with van der Waals surface area (Å²) < 4.78 is 0. The summed E-state index contributed by atoms with van der Waals surface area (Å²) in [5, 5.41) is 3.88. The van der Waals surface area contributed by atoms with Gasteiger partial charge in [0.1, 0.15) is 0 Å². The van der Waals surface area contributed by atoms with Crippen molar-refractivity contribution < 1.29 is 9.59 Å². The molecule has 1 N–H and O–H groups in total. The average Bonchev–Trinajstić information content (AvgIpc) is 2.65. The van der Waals surface area contributed by atoms with Crippen LogP contribution in [-0.4, -0.2) is 54.8 Å². The Kier molecular flexibility index (Phi) is 6.43. The quantitative estimate of drug-likeness (QED) is 0.848. The molecule has 7 heteroatoms. The van der Waals surface area contributed by atoms with Gasteiger partial charge in [-0.3, -0.25) is 9.59 Å². The lowest BCUT2D eigenvalue weighted by Gasteiger charge is -2.36. The smallest absolute Gasteiger partial charge is 0.227 e. The van der Waals surface area contributed by atoms with E-state index in [1.807, 2.05) is 4.90 Å². The van der Waals surface area contributed by atoms with Crippen LogP contribution >= 0.6 is 23.2 Å². The summed E-state index contributed by atoms with van der Waals surface area (Å²) in [5.74, 6) is 0.188. The predicted molar refractivity (Wildman–Crippen MR) is 105 cm³/mol. The van der Waals surface area contributed by atoms with Crippen molar-refractivity contribution in [3.8, 4) is 0 Å². The number of amides is 2. The first-order chi connectivity index (χ1) is 12.4. The molecule has 0 spiro atoms. The van der Waals surface area contributed by atoms with Crippen molar-refractivity contribution >= 4 is 40.7 Å². The lowest BCUT2D eigenvalue weighted by atomic mass is 9.80. The number of nitrogens with zero attached hydrogens (tertiary/aromatic N) is 2. The van der Waals surface area contributed by atoms with Gasteiger partial charge in [-0.25, -0.2) is 0 Å². The maximum absolute atomic E-state index is 12.7. The molecule has 1 aromatic rings. The van der Waals surface area contributed by atoms with Crippen molar-refractivity contribution in [1.82, 2.24) is 9.80 Å². The minimum absolute atomic E-state index is 0.0420. The predicted octanol–water partition coefficient (Wildman–Crippen LogP) is 3.51. The number of halogens is 2. The molecule has 5 nitrogen and oxygen atoms in total. The molecule has 1 aliphatic heterocycles. The first-order valence-corrected chi connectivity index (χ1v) is 9.93. The minimum atomic E-state index is -0.0819. The van der Waals surface area contributed by atoms with Crippen LogP contribution in [0.4, 0.5) is 5.69 Å². The molecular weight excluding hydrogens is 373 g/mol. The van der Waals surface area contributed by atoms with Crippen molar-refractivity contribution in [2.45, 2.75) is 25.7 Å². The Labute approximate surface area is 164 Å². The number of carbonyl (C=O) groups excluding carboxylic acids is 2. The number of hydrogen-bond acceptors (Lipinski definition) is 3. The molecule has 0 atom stereocenters. The molecule has 2 amide bonds. The molecule has 2 fully saturated rings. The van der Waals surface area contributed by atoms with E-state index in [1.165, 1.54) is 0 Å². The Morgan fingerprint density at radius 1 is 1.00 bits per heavy atom. The molecular formula is C19H25Cl2N3O2. The fraction of sp³-hybridized carbons (Fsp3) is 0.579. The fourth-order valence-corrected chi connectivity index (χ4v) is 4.05. The summed E-state index contributed by atoms with van der Waals surface area (Å²) in [4.78, 5) is 29.4. The van der Waals surface area contributed by atoms with Crippen molar-refractivity contribution in [3.05, 3.63) is 28.2 Å². The SMILES string of the molecule is CN1CCN(C(=O)C2CCC(C(=O)Nc3cc(Cl)ccc3Cl)CC2)CC1. The van der Waals surface area contributed by atoms with Gasteiger partial charge in [0.2, 0.25) is 11.8 Å². The summed E-state index contributed by atoms with van der Waals surface area (Å²) in [6.45, 7) is 3.49. The Bertz CT molecular complexity index is 667. The van der Waals surface area contributed by atoms with E-state index >= 15 is 0 Å². The van der Waals surface area contributed by atoms with Crippen molar-refractivity contribution in [2.24, 2.45) is 11.8 Å². The number of hydrogen-bond donors (Lipinski definition) is 1. The summed E-state index contributed by atoms with van der Waals surface area (Å²) in [7, 11) is 2.08. The van der Waals surface area contributed by atoms with E-state index in [9.17, 15) is 9.59 Å². The Morgan fingerprint density at radius 2 is 1.62 bits per heavy atom. The van der Waals surface area contributed by atoms with Crippen LogP contribution in [0.5, 0.6) is 0 Å². The zero-order valence-corrected chi connectivity index (χ0v) is 16.5. The van der Waals surface area contributed by atoms with Gasteiger partial charge in [-0.05, 0) is 50.9 Å². The first kappa shape index (κ1) is 19.5. The van der Waals surface area contributed by atoms with Gasteiger partial charge in [-0.15, -0.1) is 0 Å². The maximum Gasteiger partial charge on any atom is 0.227 e. The molecule has 2 aliphatic rings. The van der Waals surface area contributed by atoms with Gasteiger partial charge < -0.3 is 15.1 Å². The zero-order chi connectivity index (χ0) is 18.7. The number of benzene rings is 1. The first-order valence-electron chi connectivity index (χ1n) is 9.17. The zero-order valence-electron chi connectivity index (χ0n) is 15.0. The molecule has 1 aromatic carbocycles. The number of likely N-dealkylation sites (N-methyl/N-ethyl adjacent to an activating group) is 1. The van der Waals surface area contributed by atoms with Gasteiger partial charge in [0, 0.05) is 43.0 Å². The molecule has 1 heterocycles. The summed E-state index contributed by atoms with van der Waals surface area (Å²) in [5.41, 5.74) is 0.541. The highest BCUT2D eigenvalue weighted by Gasteiger charge is 2.33. The third-order valence-corrected chi connectivity index (χ3v) is 6.01. The number of piperazine rings is 1. The van der Waals surface area contributed by atoms with E-state index in [1.54, 1.807) is 18.2 Å². The topological polar surface area (TPSA) is 52.7 Å². The van der Waals surface area contributed by atoms with Gasteiger partial charge in [0.15, 0.2) is 0 Å². The van der Waals surface area contributed by atoms with Gasteiger partial charge in [-0.1, -0.05) is 23.2 Å². The van der Waals surface area contributed by atoms with Crippen LogP contribution in [-0.2, 0) is 9.59 Å². The van der Waals surface area contributed by atoms with Crippen LogP contribution in [0.2, 0.25) is 10.0 Å². The van der Waals surface area contributed by atoms with Crippen molar-refractivity contribution in [2.75, 3.05) is 38.5 Å². The number of nitrogens with one attached hydrogen (secondary N) is 1. The highest BCUT2D eigenvalue weighted by atomic mass is 35.5. The summed E-state index contributed by atoms with van der Waals surface area (Å²) in [6, 6.07) is 5.02. The number of rotatable bonds is 3. The van der Waals surface area contributed by atoms with Crippen molar-refractivity contribution in [1.29, 1.82) is 0 Å². The molecule has 0 unspecified atom stereocenters. The number of anilines is 1. The standard InChI is InChI=1S/C19H25Cl2N3O2/c1-23-8-10-24(11-9-23)19(26)14-4-2-13(3-5-14)18(25)22-17-12-15(20)6-7-16(17)21/h6-7,12-14H,2-5,8-11H2,1H3,(H,22,25). The molecule has 1 aliphatic carbocycles. The third kappa shape index (κ3) is 4.70. The average molecular weight is 398 g/mol. The van der Waals surface area contributed by atoms with Crippen molar-refractivity contribution in [3.63, 3.8) is 0 Å². The molecule has 0 aromatic heterocycles. The second-order valence-corrected chi connectivity index (χ2v) is 8.13. The molecule has 0 radical (unpaired) electrons. The van der Waals surface area contributed by atoms with E-state index < -0.39 is 0 Å². The van der Waals surface area contributed by atoms with Gasteiger partial charge in [-0.2, -0.15) is 0 Å². The van der Waals surface area contributed by atoms with Crippen LogP contribution < -0.4 is 5.32 Å². The van der Waals surface area contributed by atoms with Crippen LogP contribution in [0.3, 0.4) is 0 Å². The highest BCUT2D eigenvalue weighted by molar-refractivity contribution is 6.35. The van der Waals surface area contributed by atoms with E-state index in [2.05, 4.69) is 17.3 Å². The summed E-state index contributed by atoms with van der Waals surface area (Å²) >= 11 is 12.1. The maximum atomic E-state index is 12.7. The van der Waals surface area contributed by atoms with Gasteiger partial charge >= 0.3 is 0 Å². The van der Waals surface area contributed by atoms with E-state index in [0.29, 0.717) is 15.7 Å². The normalized spacial score (nSPS) is 24.3. The van der Waals surface area contributed by atoms with Gasteiger partial charge in [0.05, 0.1) is 10.7 Å². The summed E-state index contributed by atoms with van der Waals surface area (Å²) in [6.07, 6.45) is 3.00. The van der Waals surface area contributed by atoms with Crippen LogP contribution in [0.1, 0.15) is 25.7 Å². The minimum Gasteiger partial charge on any atom is -0.340 e. The van der Waals surface area contributed by atoms with Crippen LogP contribution in [0, 0.1) is 11.8 Å². The Hall–Kier alpha value is -1.30. The van der Waals surface area contributed by atoms with E-state index in [4.69, 9.17) is 23.2 Å². The molecule has 1 saturated heterocycles. The second-order valence-electron chi connectivity index (χ2n) is 7.29. The lowest BCUT2D eigenvalue weighted by molar-refractivity contribution is -0.139. The van der Waals surface area contributed by atoms with Gasteiger partial charge in [0.25, 0.3) is 0 Å². The number of carbonyl (C=O) groups is 2. The van der Waals surface area contributed by atoms with Crippen LogP contribution in [0.25, 0.3) is 0 Å². The molecule has 1 saturated carbocycles. The lowest BCUT2D eigenvalue weighted by Crippen LogP contribution is -2.49. The monoisotopic (exact) mass is 397 g/mol. The second kappa shape index (κ2) is 8.59. The fourth-order valence-electron chi connectivity index (χ4n) is 3.72. The van der Waals surface area contributed by atoms with E-state index in [0.717, 1.165) is 51.9 Å². The highest BCUT2D eigenvalue weighted by Crippen LogP contribution is 2.32. The molecule has 3 rings (SSSR count). The molecule has 0 bridgehead atoms. The molecule has 26 heavy (non-hydrogen) atoms. The third-order valence-electron chi connectivity index (χ3n) is 5.45. The van der Waals surface area contributed by atoms with E-state index in [-0.39, 0.29) is 23.7 Å². The Balaban J connectivity index is 1.50. The molecule has 142 valence electrons. The van der Waals surface area contributed by atoms with Crippen LogP contribution in [0.15, 0.2) is 18.2 Å².